The summed E-state index contributed by atoms with van der Waals surface area (Å²) in [6.45, 7) is 8.98. The SMILES string of the molecule is Cc1cc(C)n(-c2ccc(Cl)c(C(=O)NC(c3ccc4c(c3)OCCO4)C(C)C)n2)n1. The van der Waals surface area contributed by atoms with E-state index in [1.165, 1.54) is 0 Å². The minimum Gasteiger partial charge on any atom is -0.486 e. The summed E-state index contributed by atoms with van der Waals surface area (Å²) in [4.78, 5) is 17.7. The molecule has 0 saturated heterocycles. The highest BCUT2D eigenvalue weighted by Crippen LogP contribution is 2.34. The second-order valence-electron chi connectivity index (χ2n) is 7.94. The van der Waals surface area contributed by atoms with Gasteiger partial charge >= 0.3 is 0 Å². The third-order valence-corrected chi connectivity index (χ3v) is 5.46. The first kappa shape index (κ1) is 21.2. The molecule has 1 N–H and O–H groups in total. The summed E-state index contributed by atoms with van der Waals surface area (Å²) in [5.74, 6) is 1.73. The zero-order chi connectivity index (χ0) is 22.1. The van der Waals surface area contributed by atoms with E-state index in [-0.39, 0.29) is 28.6 Å². The van der Waals surface area contributed by atoms with Crippen LogP contribution in [0.3, 0.4) is 0 Å². The average Bonchev–Trinajstić information content (AvgIpc) is 3.09. The van der Waals surface area contributed by atoms with Gasteiger partial charge in [-0.15, -0.1) is 0 Å². The van der Waals surface area contributed by atoms with E-state index < -0.39 is 0 Å². The molecule has 1 unspecified atom stereocenters. The van der Waals surface area contributed by atoms with Gasteiger partial charge in [0.05, 0.1) is 16.8 Å². The van der Waals surface area contributed by atoms with E-state index in [1.807, 2.05) is 52.0 Å². The first-order chi connectivity index (χ1) is 14.8. The van der Waals surface area contributed by atoms with Gasteiger partial charge in [0.2, 0.25) is 0 Å². The third-order valence-electron chi connectivity index (χ3n) is 5.15. The topological polar surface area (TPSA) is 78.3 Å². The average molecular weight is 441 g/mol. The Labute approximate surface area is 186 Å². The quantitative estimate of drug-likeness (QED) is 0.634. The Kier molecular flexibility index (Phi) is 5.87. The molecule has 0 saturated carbocycles. The van der Waals surface area contributed by atoms with E-state index in [2.05, 4.69) is 15.4 Å². The van der Waals surface area contributed by atoms with Gasteiger partial charge in [0.25, 0.3) is 5.91 Å². The fourth-order valence-corrected chi connectivity index (χ4v) is 3.86. The molecule has 1 aromatic carbocycles. The monoisotopic (exact) mass is 440 g/mol. The Morgan fingerprint density at radius 1 is 1.10 bits per heavy atom. The van der Waals surface area contributed by atoms with Crippen LogP contribution < -0.4 is 14.8 Å². The maximum atomic E-state index is 13.2. The minimum absolute atomic E-state index is 0.129. The van der Waals surface area contributed by atoms with Crippen molar-refractivity contribution in [3.63, 3.8) is 0 Å². The highest BCUT2D eigenvalue weighted by atomic mass is 35.5. The molecule has 0 fully saturated rings. The van der Waals surface area contributed by atoms with Crippen molar-refractivity contribution in [3.8, 4) is 17.3 Å². The van der Waals surface area contributed by atoms with Crippen LogP contribution in [0.4, 0.5) is 0 Å². The predicted molar refractivity (Wildman–Crippen MR) is 118 cm³/mol. The molecule has 31 heavy (non-hydrogen) atoms. The molecule has 0 radical (unpaired) electrons. The van der Waals surface area contributed by atoms with E-state index in [0.29, 0.717) is 30.5 Å². The molecule has 162 valence electrons. The van der Waals surface area contributed by atoms with Gasteiger partial charge in [-0.3, -0.25) is 4.79 Å². The number of amides is 1. The lowest BCUT2D eigenvalue weighted by Gasteiger charge is -2.25. The van der Waals surface area contributed by atoms with Crippen LogP contribution in [-0.4, -0.2) is 33.9 Å². The molecule has 4 rings (SSSR count). The molecule has 2 aromatic heterocycles. The van der Waals surface area contributed by atoms with Crippen LogP contribution in [0.15, 0.2) is 36.4 Å². The fourth-order valence-electron chi connectivity index (χ4n) is 3.67. The Bertz CT molecular complexity index is 1130. The number of pyridine rings is 1. The molecule has 3 aromatic rings. The summed E-state index contributed by atoms with van der Waals surface area (Å²) in [5, 5.41) is 7.81. The van der Waals surface area contributed by atoms with Crippen molar-refractivity contribution in [2.24, 2.45) is 5.92 Å². The summed E-state index contributed by atoms with van der Waals surface area (Å²) in [7, 11) is 0. The predicted octanol–water partition coefficient (Wildman–Crippen LogP) is 4.44. The molecule has 0 aliphatic carbocycles. The molecule has 8 heteroatoms. The van der Waals surface area contributed by atoms with Crippen LogP contribution in [-0.2, 0) is 0 Å². The molecular weight excluding hydrogens is 416 g/mol. The van der Waals surface area contributed by atoms with Gasteiger partial charge in [-0.25, -0.2) is 9.67 Å². The van der Waals surface area contributed by atoms with Gasteiger partial charge in [0.15, 0.2) is 17.3 Å². The molecule has 0 bridgehead atoms. The second kappa shape index (κ2) is 8.59. The van der Waals surface area contributed by atoms with Crippen molar-refractivity contribution in [2.45, 2.75) is 33.7 Å². The summed E-state index contributed by atoms with van der Waals surface area (Å²) in [6.07, 6.45) is 0. The summed E-state index contributed by atoms with van der Waals surface area (Å²) in [6, 6.07) is 10.9. The molecular formula is C23H25ClN4O3. The number of fused-ring (bicyclic) bond motifs is 1. The smallest absolute Gasteiger partial charge is 0.272 e. The third kappa shape index (κ3) is 4.37. The number of hydrogen-bond donors (Lipinski definition) is 1. The van der Waals surface area contributed by atoms with Crippen molar-refractivity contribution in [2.75, 3.05) is 13.2 Å². The number of benzene rings is 1. The number of halogens is 1. The standard InChI is InChI=1S/C23H25ClN4O3/c1-13(2)21(16-5-7-18-19(12-16)31-10-9-30-18)26-23(29)22-17(24)6-8-20(25-22)28-15(4)11-14(3)27-28/h5-8,11-13,21H,9-10H2,1-4H3,(H,26,29). The van der Waals surface area contributed by atoms with Crippen molar-refractivity contribution < 1.29 is 14.3 Å². The lowest BCUT2D eigenvalue weighted by atomic mass is 9.95. The molecule has 1 amide bonds. The Hall–Kier alpha value is -3.06. The zero-order valence-electron chi connectivity index (χ0n) is 18.0. The minimum atomic E-state index is -0.345. The van der Waals surface area contributed by atoms with Gasteiger partial charge < -0.3 is 14.8 Å². The van der Waals surface area contributed by atoms with Crippen molar-refractivity contribution in [1.82, 2.24) is 20.1 Å². The van der Waals surface area contributed by atoms with E-state index in [0.717, 1.165) is 17.0 Å². The lowest BCUT2D eigenvalue weighted by molar-refractivity contribution is 0.0920. The van der Waals surface area contributed by atoms with E-state index in [9.17, 15) is 4.79 Å². The van der Waals surface area contributed by atoms with Crippen LogP contribution in [0.2, 0.25) is 5.02 Å². The molecule has 3 heterocycles. The summed E-state index contributed by atoms with van der Waals surface area (Å²) < 4.78 is 13.0. The first-order valence-electron chi connectivity index (χ1n) is 10.2. The Morgan fingerprint density at radius 2 is 1.84 bits per heavy atom. The number of carbonyl (C=O) groups excluding carboxylic acids is 1. The van der Waals surface area contributed by atoms with Crippen molar-refractivity contribution in [3.05, 3.63) is 64.1 Å². The van der Waals surface area contributed by atoms with E-state index >= 15 is 0 Å². The van der Waals surface area contributed by atoms with Crippen molar-refractivity contribution >= 4 is 17.5 Å². The van der Waals surface area contributed by atoms with Crippen LogP contribution in [0, 0.1) is 19.8 Å². The van der Waals surface area contributed by atoms with Crippen molar-refractivity contribution in [1.29, 1.82) is 0 Å². The highest BCUT2D eigenvalue weighted by Gasteiger charge is 2.24. The Morgan fingerprint density at radius 3 is 2.52 bits per heavy atom. The number of nitrogens with one attached hydrogen (secondary N) is 1. The number of carbonyl (C=O) groups is 1. The zero-order valence-corrected chi connectivity index (χ0v) is 18.7. The highest BCUT2D eigenvalue weighted by molar-refractivity contribution is 6.33. The molecule has 1 aliphatic heterocycles. The van der Waals surface area contributed by atoms with E-state index in [4.69, 9.17) is 21.1 Å². The number of aryl methyl sites for hydroxylation is 2. The normalized spacial score (nSPS) is 13.9. The van der Waals surface area contributed by atoms with Gasteiger partial charge in [-0.1, -0.05) is 31.5 Å². The summed E-state index contributed by atoms with van der Waals surface area (Å²) in [5.41, 5.74) is 2.89. The second-order valence-corrected chi connectivity index (χ2v) is 8.34. The summed E-state index contributed by atoms with van der Waals surface area (Å²) >= 11 is 6.34. The van der Waals surface area contributed by atoms with Crippen LogP contribution in [0.25, 0.3) is 5.82 Å². The number of hydrogen-bond acceptors (Lipinski definition) is 5. The van der Waals surface area contributed by atoms with Gasteiger partial charge in [-0.05, 0) is 55.7 Å². The van der Waals surface area contributed by atoms with Gasteiger partial charge in [0, 0.05) is 5.69 Å². The number of rotatable bonds is 5. The van der Waals surface area contributed by atoms with Crippen LogP contribution in [0.5, 0.6) is 11.5 Å². The number of ether oxygens (including phenoxy) is 2. The number of aromatic nitrogens is 3. The van der Waals surface area contributed by atoms with Gasteiger partial charge in [-0.2, -0.15) is 5.10 Å². The largest absolute Gasteiger partial charge is 0.486 e. The number of nitrogens with zero attached hydrogens (tertiary/aromatic N) is 3. The maximum Gasteiger partial charge on any atom is 0.272 e. The van der Waals surface area contributed by atoms with Crippen LogP contribution in [0.1, 0.15) is 47.3 Å². The molecule has 0 spiro atoms. The maximum absolute atomic E-state index is 13.2. The molecule has 1 aliphatic rings. The first-order valence-corrected chi connectivity index (χ1v) is 10.6. The van der Waals surface area contributed by atoms with E-state index in [1.54, 1.807) is 16.8 Å². The molecule has 7 nitrogen and oxygen atoms in total. The fraction of sp³-hybridized carbons (Fsp3) is 0.348. The Balaban J connectivity index is 1.62. The van der Waals surface area contributed by atoms with Gasteiger partial charge in [0.1, 0.15) is 18.9 Å². The van der Waals surface area contributed by atoms with Crippen LogP contribution >= 0.6 is 11.6 Å². The molecule has 1 atom stereocenters. The lowest BCUT2D eigenvalue weighted by Crippen LogP contribution is -2.33.